The van der Waals surface area contributed by atoms with Crippen LogP contribution in [0, 0.1) is 6.92 Å². The number of methoxy groups -OCH3 is 1. The Morgan fingerprint density at radius 3 is 2.84 bits per heavy atom. The zero-order chi connectivity index (χ0) is 13.8. The van der Waals surface area contributed by atoms with E-state index in [1.54, 1.807) is 13.3 Å². The summed E-state index contributed by atoms with van der Waals surface area (Å²) in [6.07, 6.45) is 1.62. The zero-order valence-electron chi connectivity index (χ0n) is 10.6. The summed E-state index contributed by atoms with van der Waals surface area (Å²) in [5.74, 6) is 6.97. The van der Waals surface area contributed by atoms with Gasteiger partial charge in [0.15, 0.2) is 5.82 Å². The van der Waals surface area contributed by atoms with Gasteiger partial charge in [-0.15, -0.1) is 0 Å². The van der Waals surface area contributed by atoms with E-state index in [9.17, 15) is 0 Å². The van der Waals surface area contributed by atoms with E-state index in [0.717, 1.165) is 21.5 Å². The Bertz CT molecular complexity index is 590. The minimum atomic E-state index is 0.331. The Morgan fingerprint density at radius 1 is 1.37 bits per heavy atom. The molecule has 0 atom stereocenters. The molecule has 100 valence electrons. The monoisotopic (exact) mass is 323 g/mol. The Balaban J connectivity index is 2.37. The van der Waals surface area contributed by atoms with Crippen LogP contribution in [-0.4, -0.2) is 17.1 Å². The van der Waals surface area contributed by atoms with Crippen molar-refractivity contribution >= 4 is 33.4 Å². The van der Waals surface area contributed by atoms with E-state index in [0.29, 0.717) is 11.8 Å². The van der Waals surface area contributed by atoms with E-state index in [4.69, 9.17) is 10.6 Å². The van der Waals surface area contributed by atoms with Crippen LogP contribution in [0.3, 0.4) is 0 Å². The lowest BCUT2D eigenvalue weighted by Gasteiger charge is -2.13. The van der Waals surface area contributed by atoms with Gasteiger partial charge in [-0.05, 0) is 40.5 Å². The Kier molecular flexibility index (Phi) is 4.18. The summed E-state index contributed by atoms with van der Waals surface area (Å²) in [5.41, 5.74) is 4.35. The number of anilines is 3. The smallest absolute Gasteiger partial charge is 0.239 e. The van der Waals surface area contributed by atoms with Crippen LogP contribution in [0.2, 0.25) is 0 Å². The first-order valence-electron chi connectivity index (χ1n) is 5.55. The molecule has 0 bridgehead atoms. The van der Waals surface area contributed by atoms with Gasteiger partial charge < -0.3 is 10.1 Å². The van der Waals surface area contributed by atoms with Crippen LogP contribution in [0.5, 0.6) is 5.75 Å². The van der Waals surface area contributed by atoms with Crippen molar-refractivity contribution in [3.8, 4) is 5.75 Å². The van der Waals surface area contributed by atoms with Crippen molar-refractivity contribution in [1.29, 1.82) is 0 Å². The summed E-state index contributed by atoms with van der Waals surface area (Å²) in [5, 5.41) is 3.19. The Hall–Kier alpha value is -1.86. The quantitative estimate of drug-likeness (QED) is 0.592. The topological polar surface area (TPSA) is 85.1 Å². The third-order valence-corrected chi connectivity index (χ3v) is 3.06. The highest BCUT2D eigenvalue weighted by Crippen LogP contribution is 2.30. The summed E-state index contributed by atoms with van der Waals surface area (Å²) in [7, 11) is 1.62. The molecule has 0 aliphatic heterocycles. The van der Waals surface area contributed by atoms with Gasteiger partial charge in [-0.3, -0.25) is 5.43 Å². The second kappa shape index (κ2) is 5.85. The van der Waals surface area contributed by atoms with Crippen LogP contribution in [0.25, 0.3) is 0 Å². The standard InChI is InChI=1S/C12H14BrN5O/c1-7-3-4-10(19-2)9(5-7)16-11-8(13)6-15-12(17-11)18-14/h3-6H,14H2,1-2H3,(H2,15,16,17,18). The lowest BCUT2D eigenvalue weighted by Crippen LogP contribution is -2.11. The minimum Gasteiger partial charge on any atom is -0.495 e. The van der Waals surface area contributed by atoms with Crippen LogP contribution in [0.1, 0.15) is 5.56 Å². The summed E-state index contributed by atoms with van der Waals surface area (Å²) < 4.78 is 6.04. The van der Waals surface area contributed by atoms with Crippen molar-refractivity contribution in [2.24, 2.45) is 5.84 Å². The zero-order valence-corrected chi connectivity index (χ0v) is 12.2. The maximum absolute atomic E-state index is 5.31. The molecule has 0 radical (unpaired) electrons. The molecule has 0 fully saturated rings. The molecule has 0 amide bonds. The molecule has 2 aromatic rings. The van der Waals surface area contributed by atoms with Gasteiger partial charge >= 0.3 is 0 Å². The average Bonchev–Trinajstić information content (AvgIpc) is 2.41. The molecule has 0 unspecified atom stereocenters. The minimum absolute atomic E-state index is 0.331. The normalized spacial score (nSPS) is 10.1. The van der Waals surface area contributed by atoms with Crippen molar-refractivity contribution in [3.63, 3.8) is 0 Å². The molecule has 6 nitrogen and oxygen atoms in total. The number of ether oxygens (including phenoxy) is 1. The molecule has 0 saturated heterocycles. The molecule has 0 aliphatic rings. The van der Waals surface area contributed by atoms with Crippen LogP contribution >= 0.6 is 15.9 Å². The highest BCUT2D eigenvalue weighted by Gasteiger charge is 2.08. The predicted octanol–water partition coefficient (Wildman–Crippen LogP) is 2.59. The van der Waals surface area contributed by atoms with Crippen LogP contribution in [-0.2, 0) is 0 Å². The van der Waals surface area contributed by atoms with Gasteiger partial charge in [0.1, 0.15) is 5.75 Å². The molecule has 0 saturated carbocycles. The van der Waals surface area contributed by atoms with Gasteiger partial charge in [0.2, 0.25) is 5.95 Å². The van der Waals surface area contributed by atoms with E-state index in [1.807, 2.05) is 25.1 Å². The Morgan fingerprint density at radius 2 is 2.16 bits per heavy atom. The van der Waals surface area contributed by atoms with Gasteiger partial charge in [-0.25, -0.2) is 10.8 Å². The molecule has 1 aromatic carbocycles. The SMILES string of the molecule is COc1ccc(C)cc1Nc1nc(NN)ncc1Br. The van der Waals surface area contributed by atoms with E-state index >= 15 is 0 Å². The molecule has 1 aromatic heterocycles. The Labute approximate surface area is 119 Å². The fourth-order valence-electron chi connectivity index (χ4n) is 1.57. The third kappa shape index (κ3) is 3.12. The number of benzene rings is 1. The number of hydrogen-bond acceptors (Lipinski definition) is 6. The van der Waals surface area contributed by atoms with Gasteiger partial charge in [0.25, 0.3) is 0 Å². The van der Waals surface area contributed by atoms with Crippen molar-refractivity contribution in [1.82, 2.24) is 9.97 Å². The molecule has 19 heavy (non-hydrogen) atoms. The average molecular weight is 324 g/mol. The number of nitrogen functional groups attached to an aromatic ring is 1. The number of aryl methyl sites for hydroxylation is 1. The lowest BCUT2D eigenvalue weighted by molar-refractivity contribution is 0.416. The van der Waals surface area contributed by atoms with Gasteiger partial charge in [-0.1, -0.05) is 6.07 Å². The number of halogens is 1. The van der Waals surface area contributed by atoms with E-state index in [-0.39, 0.29) is 0 Å². The van der Waals surface area contributed by atoms with Crippen LogP contribution in [0.4, 0.5) is 17.5 Å². The van der Waals surface area contributed by atoms with Crippen LogP contribution < -0.4 is 21.3 Å². The fraction of sp³-hybridized carbons (Fsp3) is 0.167. The predicted molar refractivity (Wildman–Crippen MR) is 78.6 cm³/mol. The highest BCUT2D eigenvalue weighted by atomic mass is 79.9. The number of nitrogens with two attached hydrogens (primary N) is 1. The number of nitrogens with zero attached hydrogens (tertiary/aromatic N) is 2. The first kappa shape index (κ1) is 13.6. The highest BCUT2D eigenvalue weighted by molar-refractivity contribution is 9.10. The molecule has 1 heterocycles. The van der Waals surface area contributed by atoms with Gasteiger partial charge in [-0.2, -0.15) is 4.98 Å². The maximum atomic E-state index is 5.31. The number of hydrazine groups is 1. The largest absolute Gasteiger partial charge is 0.495 e. The van der Waals surface area contributed by atoms with Crippen molar-refractivity contribution in [2.75, 3.05) is 17.9 Å². The maximum Gasteiger partial charge on any atom is 0.239 e. The number of nitrogens with one attached hydrogen (secondary N) is 2. The van der Waals surface area contributed by atoms with Crippen molar-refractivity contribution in [2.45, 2.75) is 6.92 Å². The summed E-state index contributed by atoms with van der Waals surface area (Å²) in [6.45, 7) is 2.01. The van der Waals surface area contributed by atoms with Crippen molar-refractivity contribution in [3.05, 3.63) is 34.4 Å². The fourth-order valence-corrected chi connectivity index (χ4v) is 1.86. The van der Waals surface area contributed by atoms with Gasteiger partial charge in [0, 0.05) is 6.20 Å². The van der Waals surface area contributed by atoms with E-state index < -0.39 is 0 Å². The second-order valence-corrected chi connectivity index (χ2v) is 4.72. The molecule has 0 aliphatic carbocycles. The molecular weight excluding hydrogens is 310 g/mol. The second-order valence-electron chi connectivity index (χ2n) is 3.86. The lowest BCUT2D eigenvalue weighted by atomic mass is 10.2. The first-order valence-corrected chi connectivity index (χ1v) is 6.34. The first-order chi connectivity index (χ1) is 9.13. The molecule has 0 spiro atoms. The third-order valence-electron chi connectivity index (χ3n) is 2.48. The number of aromatic nitrogens is 2. The summed E-state index contributed by atoms with van der Waals surface area (Å²) >= 11 is 3.39. The molecule has 2 rings (SSSR count). The van der Waals surface area contributed by atoms with Gasteiger partial charge in [0.05, 0.1) is 17.3 Å². The van der Waals surface area contributed by atoms with Crippen molar-refractivity contribution < 1.29 is 4.74 Å². The molecule has 4 N–H and O–H groups in total. The van der Waals surface area contributed by atoms with Crippen LogP contribution in [0.15, 0.2) is 28.9 Å². The molecular formula is C12H14BrN5O. The molecule has 7 heteroatoms. The van der Waals surface area contributed by atoms with E-state index in [2.05, 4.69) is 36.6 Å². The number of hydrogen-bond donors (Lipinski definition) is 3. The van der Waals surface area contributed by atoms with E-state index in [1.165, 1.54) is 0 Å². The number of rotatable bonds is 4. The summed E-state index contributed by atoms with van der Waals surface area (Å²) in [6, 6.07) is 5.85. The summed E-state index contributed by atoms with van der Waals surface area (Å²) in [4.78, 5) is 8.22.